The lowest BCUT2D eigenvalue weighted by Gasteiger charge is -2.11. The third kappa shape index (κ3) is 3.99. The number of nitro groups is 1. The number of esters is 1. The van der Waals surface area contributed by atoms with Gasteiger partial charge in [-0.3, -0.25) is 14.9 Å². The number of nitrogens with zero attached hydrogens (tertiary/aromatic N) is 2. The topological polar surface area (TPSA) is 115 Å². The van der Waals surface area contributed by atoms with Gasteiger partial charge in [-0.25, -0.2) is 9.78 Å². The molecule has 1 aromatic carbocycles. The number of nitrogens with one attached hydrogen (secondary N) is 1. The number of ether oxygens (including phenoxy) is 1. The highest BCUT2D eigenvalue weighted by molar-refractivity contribution is 7.18. The first-order valence-corrected chi connectivity index (χ1v) is 9.21. The molecule has 0 amide bonds. The first-order valence-electron chi connectivity index (χ1n) is 8.39. The number of rotatable bonds is 5. The molecule has 0 saturated heterocycles. The van der Waals surface area contributed by atoms with Crippen LogP contribution in [-0.2, 0) is 9.53 Å². The summed E-state index contributed by atoms with van der Waals surface area (Å²) in [5.74, 6) is -0.344. The number of aromatic nitrogens is 2. The minimum atomic E-state index is -0.742. The average molecular weight is 399 g/mol. The lowest BCUT2D eigenvalue weighted by atomic mass is 10.2. The van der Waals surface area contributed by atoms with Crippen LogP contribution in [0.3, 0.4) is 0 Å². The maximum Gasteiger partial charge on any atom is 0.331 e. The summed E-state index contributed by atoms with van der Waals surface area (Å²) < 4.78 is 5.30. The Morgan fingerprint density at radius 3 is 2.64 bits per heavy atom. The molecular formula is C19H17N3O5S. The summed E-state index contributed by atoms with van der Waals surface area (Å²) in [6.07, 6.45) is 1.96. The van der Waals surface area contributed by atoms with Crippen LogP contribution in [0, 0.1) is 24.0 Å². The third-order valence-electron chi connectivity index (χ3n) is 4.25. The van der Waals surface area contributed by atoms with Gasteiger partial charge in [-0.1, -0.05) is 0 Å². The minimum Gasteiger partial charge on any atom is -0.451 e. The fourth-order valence-corrected chi connectivity index (χ4v) is 3.64. The van der Waals surface area contributed by atoms with E-state index in [9.17, 15) is 19.7 Å². The molecule has 0 radical (unpaired) electrons. The monoisotopic (exact) mass is 399 g/mol. The number of hydrogen-bond donors (Lipinski definition) is 1. The van der Waals surface area contributed by atoms with Crippen molar-refractivity contribution in [1.82, 2.24) is 9.97 Å². The Kier molecular flexibility index (Phi) is 5.36. The van der Waals surface area contributed by atoms with Crippen LogP contribution in [0.5, 0.6) is 0 Å². The van der Waals surface area contributed by atoms with Crippen LogP contribution in [0.15, 0.2) is 35.1 Å². The van der Waals surface area contributed by atoms with Gasteiger partial charge in [-0.2, -0.15) is 0 Å². The standard InChI is InChI=1S/C19H17N3O5S/c1-10-12(3)28-19-16(10)18(24)20-17(21-19)11(2)27-15(23)9-6-13-4-7-14(8-5-13)22(25)26/h4-9,11H,1-3H3,(H,20,21,24)/b9-6+/t11-/m1/s1. The fraction of sp³-hybridized carbons (Fsp3) is 0.211. The van der Waals surface area contributed by atoms with Gasteiger partial charge in [0.15, 0.2) is 11.9 Å². The summed E-state index contributed by atoms with van der Waals surface area (Å²) in [5.41, 5.74) is 1.23. The number of benzene rings is 1. The van der Waals surface area contributed by atoms with E-state index in [1.807, 2.05) is 13.8 Å². The Bertz CT molecular complexity index is 1140. The van der Waals surface area contributed by atoms with Crippen LogP contribution in [-0.4, -0.2) is 20.9 Å². The van der Waals surface area contributed by atoms with E-state index in [0.717, 1.165) is 10.4 Å². The summed E-state index contributed by atoms with van der Waals surface area (Å²) in [6.45, 7) is 5.42. The number of aryl methyl sites for hydroxylation is 2. The predicted molar refractivity (Wildman–Crippen MR) is 106 cm³/mol. The third-order valence-corrected chi connectivity index (χ3v) is 5.35. The molecule has 0 aliphatic rings. The van der Waals surface area contributed by atoms with Crippen LogP contribution in [0.2, 0.25) is 0 Å². The van der Waals surface area contributed by atoms with E-state index in [1.54, 1.807) is 6.92 Å². The van der Waals surface area contributed by atoms with E-state index in [1.165, 1.54) is 47.8 Å². The molecule has 28 heavy (non-hydrogen) atoms. The molecule has 1 atom stereocenters. The van der Waals surface area contributed by atoms with E-state index in [4.69, 9.17) is 4.74 Å². The van der Waals surface area contributed by atoms with E-state index in [2.05, 4.69) is 9.97 Å². The van der Waals surface area contributed by atoms with Crippen molar-refractivity contribution in [3.8, 4) is 0 Å². The second-order valence-corrected chi connectivity index (χ2v) is 7.38. The van der Waals surface area contributed by atoms with Crippen LogP contribution < -0.4 is 5.56 Å². The molecule has 9 heteroatoms. The van der Waals surface area contributed by atoms with Crippen LogP contribution in [0.25, 0.3) is 16.3 Å². The molecule has 144 valence electrons. The number of aromatic amines is 1. The summed E-state index contributed by atoms with van der Waals surface area (Å²) in [5, 5.41) is 11.2. The summed E-state index contributed by atoms with van der Waals surface area (Å²) in [7, 11) is 0. The van der Waals surface area contributed by atoms with Crippen molar-refractivity contribution in [2.45, 2.75) is 26.9 Å². The van der Waals surface area contributed by atoms with Crippen molar-refractivity contribution in [1.29, 1.82) is 0 Å². The Labute approximate surface area is 163 Å². The van der Waals surface area contributed by atoms with Crippen LogP contribution in [0.4, 0.5) is 5.69 Å². The van der Waals surface area contributed by atoms with E-state index in [0.29, 0.717) is 15.8 Å². The molecule has 1 N–H and O–H groups in total. The first-order chi connectivity index (χ1) is 13.3. The van der Waals surface area contributed by atoms with Crippen molar-refractivity contribution in [3.63, 3.8) is 0 Å². The number of carbonyl (C=O) groups is 1. The zero-order valence-corrected chi connectivity index (χ0v) is 16.2. The molecule has 2 aromatic heterocycles. The van der Waals surface area contributed by atoms with Gasteiger partial charge in [0.2, 0.25) is 0 Å². The lowest BCUT2D eigenvalue weighted by molar-refractivity contribution is -0.384. The number of thiophene rings is 1. The van der Waals surface area contributed by atoms with Crippen molar-refractivity contribution in [2.75, 3.05) is 0 Å². The van der Waals surface area contributed by atoms with Crippen molar-refractivity contribution >= 4 is 39.3 Å². The highest BCUT2D eigenvalue weighted by Gasteiger charge is 2.17. The molecule has 8 nitrogen and oxygen atoms in total. The largest absolute Gasteiger partial charge is 0.451 e. The number of carbonyl (C=O) groups excluding carboxylic acids is 1. The smallest absolute Gasteiger partial charge is 0.331 e. The van der Waals surface area contributed by atoms with Crippen molar-refractivity contribution in [2.24, 2.45) is 0 Å². The van der Waals surface area contributed by atoms with E-state index in [-0.39, 0.29) is 17.1 Å². The van der Waals surface area contributed by atoms with Gasteiger partial charge in [0, 0.05) is 23.1 Å². The zero-order chi connectivity index (χ0) is 20.4. The van der Waals surface area contributed by atoms with Gasteiger partial charge in [0.1, 0.15) is 4.83 Å². The van der Waals surface area contributed by atoms with Gasteiger partial charge in [0.25, 0.3) is 11.2 Å². The number of non-ortho nitro benzene ring substituents is 1. The van der Waals surface area contributed by atoms with Gasteiger partial charge in [0.05, 0.1) is 10.3 Å². The number of fused-ring (bicyclic) bond motifs is 1. The molecule has 3 rings (SSSR count). The summed E-state index contributed by atoms with van der Waals surface area (Å²) in [6, 6.07) is 5.75. The molecule has 2 heterocycles. The molecular weight excluding hydrogens is 382 g/mol. The summed E-state index contributed by atoms with van der Waals surface area (Å²) >= 11 is 1.42. The Morgan fingerprint density at radius 1 is 1.32 bits per heavy atom. The quantitative estimate of drug-likeness (QED) is 0.302. The number of hydrogen-bond acceptors (Lipinski definition) is 7. The van der Waals surface area contributed by atoms with Gasteiger partial charge in [-0.15, -0.1) is 11.3 Å². The van der Waals surface area contributed by atoms with Crippen molar-refractivity contribution < 1.29 is 14.5 Å². The Hall–Kier alpha value is -3.33. The van der Waals surface area contributed by atoms with Crippen LogP contribution >= 0.6 is 11.3 Å². The first kappa shape index (κ1) is 19.4. The SMILES string of the molecule is Cc1sc2nc([C@@H](C)OC(=O)/C=C/c3ccc([N+](=O)[O-])cc3)[nH]c(=O)c2c1C. The highest BCUT2D eigenvalue weighted by atomic mass is 32.1. The van der Waals surface area contributed by atoms with E-state index < -0.39 is 17.0 Å². The Morgan fingerprint density at radius 2 is 2.00 bits per heavy atom. The second kappa shape index (κ2) is 7.73. The van der Waals surface area contributed by atoms with Crippen molar-refractivity contribution in [3.05, 3.63) is 72.6 Å². The maximum absolute atomic E-state index is 12.3. The molecule has 0 saturated carbocycles. The molecule has 0 bridgehead atoms. The average Bonchev–Trinajstić information content (AvgIpc) is 2.94. The van der Waals surface area contributed by atoms with Gasteiger partial charge >= 0.3 is 5.97 Å². The molecule has 0 aliphatic carbocycles. The molecule has 0 spiro atoms. The fourth-order valence-electron chi connectivity index (χ4n) is 2.60. The molecule has 0 unspecified atom stereocenters. The van der Waals surface area contributed by atoms with Gasteiger partial charge < -0.3 is 9.72 Å². The van der Waals surface area contributed by atoms with E-state index >= 15 is 0 Å². The highest BCUT2D eigenvalue weighted by Crippen LogP contribution is 2.27. The second-order valence-electron chi connectivity index (χ2n) is 6.18. The Balaban J connectivity index is 1.72. The maximum atomic E-state index is 12.3. The molecule has 3 aromatic rings. The number of H-pyrrole nitrogens is 1. The van der Waals surface area contributed by atoms with Gasteiger partial charge in [-0.05, 0) is 50.1 Å². The molecule has 0 aliphatic heterocycles. The van der Waals surface area contributed by atoms with Crippen LogP contribution in [0.1, 0.15) is 34.9 Å². The zero-order valence-electron chi connectivity index (χ0n) is 15.4. The lowest BCUT2D eigenvalue weighted by Crippen LogP contribution is -2.16. The predicted octanol–water partition coefficient (Wildman–Crippen LogP) is 3.83. The minimum absolute atomic E-state index is 0.0298. The number of nitro benzene ring substituents is 1. The molecule has 0 fully saturated rings. The normalized spacial score (nSPS) is 12.4. The summed E-state index contributed by atoms with van der Waals surface area (Å²) in [4.78, 5) is 43.2.